The molecule has 28 heavy (non-hydrogen) atoms. The number of benzene rings is 2. The van der Waals surface area contributed by atoms with Crippen molar-refractivity contribution in [3.05, 3.63) is 59.2 Å². The highest BCUT2D eigenvalue weighted by Gasteiger charge is 2.19. The first-order chi connectivity index (χ1) is 13.3. The number of aryl methyl sites for hydroxylation is 2. The summed E-state index contributed by atoms with van der Waals surface area (Å²) < 4.78 is 25.6. The van der Waals surface area contributed by atoms with E-state index in [1.54, 1.807) is 18.2 Å². The Bertz CT molecular complexity index is 972. The maximum Gasteiger partial charge on any atom is 0.232 e. The predicted octanol–water partition coefficient (Wildman–Crippen LogP) is 3.48. The molecule has 2 aromatic rings. The number of para-hydroxylation sites is 1. The topological polar surface area (TPSA) is 90.3 Å². The van der Waals surface area contributed by atoms with Crippen LogP contribution in [0.25, 0.3) is 0 Å². The van der Waals surface area contributed by atoms with Gasteiger partial charge in [0.05, 0.1) is 23.6 Å². The first-order valence-corrected chi connectivity index (χ1v) is 11.0. The average Bonchev–Trinajstić information content (AvgIpc) is 2.67. The van der Waals surface area contributed by atoms with E-state index in [1.807, 2.05) is 38.1 Å². The molecule has 0 atom stereocenters. The molecule has 0 fully saturated rings. The number of sulfonamides is 1. The van der Waals surface area contributed by atoms with Crippen molar-refractivity contribution in [2.45, 2.75) is 33.1 Å². The number of anilines is 2. The molecule has 0 radical (unpaired) electrons. The molecule has 0 bridgehead atoms. The van der Waals surface area contributed by atoms with E-state index in [-0.39, 0.29) is 18.9 Å². The lowest BCUT2D eigenvalue weighted by molar-refractivity contribution is -0.116. The van der Waals surface area contributed by atoms with E-state index in [9.17, 15) is 13.2 Å². The van der Waals surface area contributed by atoms with E-state index in [2.05, 4.69) is 5.32 Å². The molecule has 0 aliphatic carbocycles. The zero-order valence-electron chi connectivity index (χ0n) is 16.4. The van der Waals surface area contributed by atoms with Gasteiger partial charge in [0, 0.05) is 18.7 Å². The molecule has 0 heterocycles. The number of nitrogens with zero attached hydrogens (tertiary/aromatic N) is 2. The van der Waals surface area contributed by atoms with E-state index >= 15 is 0 Å². The van der Waals surface area contributed by atoms with Crippen molar-refractivity contribution in [1.29, 1.82) is 5.26 Å². The highest BCUT2D eigenvalue weighted by atomic mass is 32.2. The van der Waals surface area contributed by atoms with Gasteiger partial charge in [0.1, 0.15) is 0 Å². The first kappa shape index (κ1) is 21.5. The lowest BCUT2D eigenvalue weighted by Crippen LogP contribution is -2.33. The zero-order valence-corrected chi connectivity index (χ0v) is 17.2. The first-order valence-electron chi connectivity index (χ1n) is 9.18. The number of amides is 1. The molecular weight excluding hydrogens is 374 g/mol. The van der Waals surface area contributed by atoms with Gasteiger partial charge >= 0.3 is 0 Å². The Morgan fingerprint density at radius 2 is 1.71 bits per heavy atom. The molecule has 0 spiro atoms. The van der Waals surface area contributed by atoms with Crippen LogP contribution >= 0.6 is 0 Å². The van der Waals surface area contributed by atoms with Gasteiger partial charge in [-0.3, -0.25) is 9.10 Å². The molecule has 0 aromatic heterocycles. The number of nitriles is 1. The molecule has 7 heteroatoms. The van der Waals surface area contributed by atoms with Crippen LogP contribution < -0.4 is 9.62 Å². The molecule has 0 aliphatic heterocycles. The van der Waals surface area contributed by atoms with Gasteiger partial charge in [0.15, 0.2) is 0 Å². The number of hydrogen-bond acceptors (Lipinski definition) is 4. The molecular formula is C21H25N3O3S. The Kier molecular flexibility index (Phi) is 7.18. The summed E-state index contributed by atoms with van der Waals surface area (Å²) in [5.74, 6) is -0.249. The van der Waals surface area contributed by atoms with Gasteiger partial charge in [0.25, 0.3) is 0 Å². The van der Waals surface area contributed by atoms with Crippen molar-refractivity contribution in [2.75, 3.05) is 22.4 Å². The second-order valence-electron chi connectivity index (χ2n) is 6.45. The minimum absolute atomic E-state index is 0.00466. The number of carbonyl (C=O) groups excluding carboxylic acids is 1. The second kappa shape index (κ2) is 9.38. The van der Waals surface area contributed by atoms with E-state index < -0.39 is 10.0 Å². The summed E-state index contributed by atoms with van der Waals surface area (Å²) >= 11 is 0. The van der Waals surface area contributed by atoms with Crippen molar-refractivity contribution in [3.63, 3.8) is 0 Å². The summed E-state index contributed by atoms with van der Waals surface area (Å²) in [6.45, 7) is 4.05. The standard InChI is InChI=1S/C21H25N3O3S/c1-4-17-9-7-10-18(5-2)21(17)23-20(25)12-13-24(28(3,26)27)19-11-6-8-16(14-19)15-22/h6-11,14H,4-5,12-13H2,1-3H3,(H,23,25). The smallest absolute Gasteiger partial charge is 0.232 e. The van der Waals surface area contributed by atoms with Crippen LogP contribution in [0.2, 0.25) is 0 Å². The fraction of sp³-hybridized carbons (Fsp3) is 0.333. The SMILES string of the molecule is CCc1cccc(CC)c1NC(=O)CCN(c1cccc(C#N)c1)S(C)(=O)=O. The van der Waals surface area contributed by atoms with Crippen LogP contribution in [-0.2, 0) is 27.7 Å². The van der Waals surface area contributed by atoms with Crippen LogP contribution in [0.3, 0.4) is 0 Å². The van der Waals surface area contributed by atoms with Crippen molar-refractivity contribution in [3.8, 4) is 6.07 Å². The van der Waals surface area contributed by atoms with Crippen molar-refractivity contribution < 1.29 is 13.2 Å². The molecule has 148 valence electrons. The Balaban J connectivity index is 2.18. The third-order valence-corrected chi connectivity index (χ3v) is 5.66. The lowest BCUT2D eigenvalue weighted by Gasteiger charge is -2.22. The monoisotopic (exact) mass is 399 g/mol. The maximum atomic E-state index is 12.5. The van der Waals surface area contributed by atoms with E-state index in [1.165, 1.54) is 6.07 Å². The highest BCUT2D eigenvalue weighted by molar-refractivity contribution is 7.92. The van der Waals surface area contributed by atoms with Crippen molar-refractivity contribution >= 4 is 27.3 Å². The predicted molar refractivity (Wildman–Crippen MR) is 112 cm³/mol. The highest BCUT2D eigenvalue weighted by Crippen LogP contribution is 2.23. The van der Waals surface area contributed by atoms with Gasteiger partial charge < -0.3 is 5.32 Å². The number of hydrogen-bond donors (Lipinski definition) is 1. The van der Waals surface area contributed by atoms with Gasteiger partial charge in [-0.2, -0.15) is 5.26 Å². The molecule has 2 aromatic carbocycles. The molecule has 1 N–H and O–H groups in total. The van der Waals surface area contributed by atoms with Crippen LogP contribution in [0.4, 0.5) is 11.4 Å². The molecule has 2 rings (SSSR count). The summed E-state index contributed by atoms with van der Waals surface area (Å²) in [7, 11) is -3.59. The zero-order chi connectivity index (χ0) is 20.7. The van der Waals surface area contributed by atoms with E-state index in [0.29, 0.717) is 11.3 Å². The number of nitrogens with one attached hydrogen (secondary N) is 1. The minimum atomic E-state index is -3.59. The summed E-state index contributed by atoms with van der Waals surface area (Å²) in [5, 5.41) is 12.0. The largest absolute Gasteiger partial charge is 0.326 e. The molecule has 0 saturated carbocycles. The van der Waals surface area contributed by atoms with Gasteiger partial charge in [-0.1, -0.05) is 38.1 Å². The third-order valence-electron chi connectivity index (χ3n) is 4.47. The Morgan fingerprint density at radius 1 is 1.11 bits per heavy atom. The van der Waals surface area contributed by atoms with Gasteiger partial charge in [0.2, 0.25) is 15.9 Å². The van der Waals surface area contributed by atoms with Crippen LogP contribution in [-0.4, -0.2) is 27.1 Å². The summed E-state index contributed by atoms with van der Waals surface area (Å²) in [6, 6.07) is 14.3. The van der Waals surface area contributed by atoms with Gasteiger partial charge in [-0.15, -0.1) is 0 Å². The fourth-order valence-corrected chi connectivity index (χ4v) is 3.94. The minimum Gasteiger partial charge on any atom is -0.326 e. The summed E-state index contributed by atoms with van der Waals surface area (Å²) in [6.07, 6.45) is 2.68. The van der Waals surface area contributed by atoms with Crippen LogP contribution in [0, 0.1) is 11.3 Å². The molecule has 0 unspecified atom stereocenters. The lowest BCUT2D eigenvalue weighted by atomic mass is 10.0. The van der Waals surface area contributed by atoms with Crippen LogP contribution in [0.15, 0.2) is 42.5 Å². The van der Waals surface area contributed by atoms with Gasteiger partial charge in [-0.25, -0.2) is 8.42 Å². The maximum absolute atomic E-state index is 12.5. The third kappa shape index (κ3) is 5.33. The number of carbonyl (C=O) groups is 1. The van der Waals surface area contributed by atoms with Crippen LogP contribution in [0.1, 0.15) is 37.0 Å². The van der Waals surface area contributed by atoms with E-state index in [4.69, 9.17) is 5.26 Å². The second-order valence-corrected chi connectivity index (χ2v) is 8.36. The number of rotatable bonds is 8. The Morgan fingerprint density at radius 3 is 2.25 bits per heavy atom. The summed E-state index contributed by atoms with van der Waals surface area (Å²) in [4.78, 5) is 12.5. The molecule has 0 aliphatic rings. The Hall–Kier alpha value is -2.85. The Labute approximate surface area is 166 Å². The molecule has 1 amide bonds. The molecule has 6 nitrogen and oxygen atoms in total. The molecule has 0 saturated heterocycles. The fourth-order valence-electron chi connectivity index (χ4n) is 3.03. The van der Waals surface area contributed by atoms with Crippen LogP contribution in [0.5, 0.6) is 0 Å². The van der Waals surface area contributed by atoms with Crippen molar-refractivity contribution in [2.24, 2.45) is 0 Å². The quantitative estimate of drug-likeness (QED) is 0.736. The average molecular weight is 400 g/mol. The normalized spacial score (nSPS) is 10.9. The van der Waals surface area contributed by atoms with Crippen molar-refractivity contribution in [1.82, 2.24) is 0 Å². The van der Waals surface area contributed by atoms with Gasteiger partial charge in [-0.05, 0) is 42.2 Å². The van der Waals surface area contributed by atoms with E-state index in [0.717, 1.165) is 40.2 Å². The summed E-state index contributed by atoms with van der Waals surface area (Å²) in [5.41, 5.74) is 3.65.